The minimum atomic E-state index is -4.37. The number of hydrogen-bond donors (Lipinski definition) is 2. The van der Waals surface area contributed by atoms with Crippen molar-refractivity contribution in [2.75, 3.05) is 26.4 Å². The quantitative estimate of drug-likeness (QED) is 0.0283. The molecule has 0 rings (SSSR count). The van der Waals surface area contributed by atoms with Crippen molar-refractivity contribution in [3.63, 3.8) is 0 Å². The Morgan fingerprint density at radius 1 is 0.625 bits per heavy atom. The van der Waals surface area contributed by atoms with E-state index in [1.165, 1.54) is 77.0 Å². The van der Waals surface area contributed by atoms with Crippen LogP contribution in [0.25, 0.3) is 0 Å². The first-order valence-corrected chi connectivity index (χ1v) is 20.8. The molecule has 10 heteroatoms. The van der Waals surface area contributed by atoms with Gasteiger partial charge in [0.15, 0.2) is 6.10 Å². The summed E-state index contributed by atoms with van der Waals surface area (Å²) in [5, 5.41) is 0. The Morgan fingerprint density at radius 2 is 1.10 bits per heavy atom. The van der Waals surface area contributed by atoms with Gasteiger partial charge in [-0.05, 0) is 38.5 Å². The molecule has 0 radical (unpaired) electrons. The van der Waals surface area contributed by atoms with Crippen molar-refractivity contribution >= 4 is 19.8 Å². The molecule has 0 aromatic heterocycles. The largest absolute Gasteiger partial charge is 0.472 e. The van der Waals surface area contributed by atoms with Crippen molar-refractivity contribution in [2.24, 2.45) is 5.73 Å². The zero-order valence-electron chi connectivity index (χ0n) is 30.7. The molecule has 0 bridgehead atoms. The SMILES string of the molecule is CCCC/C=C/C/C=C/CCCCCCCC(=O)O[C@H](COC(=O)CCCCCCCCCCCCCCC)COP(=O)(O)OCCN. The summed E-state index contributed by atoms with van der Waals surface area (Å²) in [6, 6.07) is 0. The summed E-state index contributed by atoms with van der Waals surface area (Å²) in [5.41, 5.74) is 5.33. The van der Waals surface area contributed by atoms with Crippen LogP contribution in [0.5, 0.6) is 0 Å². The van der Waals surface area contributed by atoms with E-state index >= 15 is 0 Å². The molecule has 0 heterocycles. The number of rotatable bonds is 36. The zero-order valence-corrected chi connectivity index (χ0v) is 31.6. The predicted octanol–water partition coefficient (Wildman–Crippen LogP) is 10.4. The molecule has 0 aromatic rings. The van der Waals surface area contributed by atoms with E-state index in [-0.39, 0.29) is 38.6 Å². The molecular weight excluding hydrogens is 629 g/mol. The Balaban J connectivity index is 4.23. The number of carbonyl (C=O) groups is 2. The Hall–Kier alpha value is -1.51. The molecule has 282 valence electrons. The van der Waals surface area contributed by atoms with Crippen molar-refractivity contribution in [2.45, 2.75) is 180 Å². The van der Waals surface area contributed by atoms with Crippen LogP contribution in [-0.4, -0.2) is 49.3 Å². The number of ether oxygens (including phenoxy) is 2. The Labute approximate surface area is 293 Å². The highest BCUT2D eigenvalue weighted by atomic mass is 31.2. The van der Waals surface area contributed by atoms with E-state index in [2.05, 4.69) is 38.2 Å². The van der Waals surface area contributed by atoms with Gasteiger partial charge in [0.1, 0.15) is 6.61 Å². The lowest BCUT2D eigenvalue weighted by molar-refractivity contribution is -0.161. The first kappa shape index (κ1) is 46.5. The van der Waals surface area contributed by atoms with Gasteiger partial charge in [0.2, 0.25) is 0 Å². The summed E-state index contributed by atoms with van der Waals surface area (Å²) in [4.78, 5) is 34.7. The van der Waals surface area contributed by atoms with Crippen molar-refractivity contribution < 1.29 is 37.6 Å². The number of hydrogen-bond acceptors (Lipinski definition) is 8. The van der Waals surface area contributed by atoms with Crippen LogP contribution in [0.2, 0.25) is 0 Å². The van der Waals surface area contributed by atoms with E-state index < -0.39 is 26.5 Å². The second kappa shape index (κ2) is 35.3. The summed E-state index contributed by atoms with van der Waals surface area (Å²) in [7, 11) is -4.37. The smallest absolute Gasteiger partial charge is 0.462 e. The van der Waals surface area contributed by atoms with E-state index in [1.807, 2.05) is 0 Å². The molecule has 3 N–H and O–H groups in total. The molecule has 0 saturated heterocycles. The van der Waals surface area contributed by atoms with Gasteiger partial charge in [0.25, 0.3) is 0 Å². The first-order valence-electron chi connectivity index (χ1n) is 19.3. The number of phosphoric ester groups is 1. The zero-order chi connectivity index (χ0) is 35.4. The molecule has 2 atom stereocenters. The Morgan fingerprint density at radius 3 is 1.65 bits per heavy atom. The summed E-state index contributed by atoms with van der Waals surface area (Å²) >= 11 is 0. The third-order valence-electron chi connectivity index (χ3n) is 8.09. The van der Waals surface area contributed by atoms with Crippen molar-refractivity contribution in [1.29, 1.82) is 0 Å². The average Bonchev–Trinajstić information content (AvgIpc) is 3.07. The molecule has 0 aliphatic heterocycles. The fraction of sp³-hybridized carbons (Fsp3) is 0.842. The van der Waals surface area contributed by atoms with Gasteiger partial charge in [-0.2, -0.15) is 0 Å². The molecule has 0 amide bonds. The first-order chi connectivity index (χ1) is 23.3. The fourth-order valence-corrected chi connectivity index (χ4v) is 5.94. The molecule has 0 aliphatic rings. The van der Waals surface area contributed by atoms with Crippen molar-refractivity contribution in [1.82, 2.24) is 0 Å². The average molecular weight is 702 g/mol. The lowest BCUT2D eigenvalue weighted by Gasteiger charge is -2.19. The van der Waals surface area contributed by atoms with Crippen molar-refractivity contribution in [3.8, 4) is 0 Å². The van der Waals surface area contributed by atoms with Crippen LogP contribution in [0.3, 0.4) is 0 Å². The van der Waals surface area contributed by atoms with Gasteiger partial charge in [-0.15, -0.1) is 0 Å². The van der Waals surface area contributed by atoms with E-state index in [0.29, 0.717) is 6.42 Å². The van der Waals surface area contributed by atoms with Gasteiger partial charge in [0, 0.05) is 19.4 Å². The summed E-state index contributed by atoms with van der Waals surface area (Å²) < 4.78 is 32.6. The summed E-state index contributed by atoms with van der Waals surface area (Å²) in [5.74, 6) is -0.842. The number of nitrogens with two attached hydrogens (primary N) is 1. The molecule has 9 nitrogen and oxygen atoms in total. The lowest BCUT2D eigenvalue weighted by atomic mass is 10.0. The van der Waals surface area contributed by atoms with Crippen molar-refractivity contribution in [3.05, 3.63) is 24.3 Å². The highest BCUT2D eigenvalue weighted by molar-refractivity contribution is 7.47. The van der Waals surface area contributed by atoms with Gasteiger partial charge in [-0.3, -0.25) is 18.6 Å². The minimum Gasteiger partial charge on any atom is -0.462 e. The molecule has 48 heavy (non-hydrogen) atoms. The minimum absolute atomic E-state index is 0.0522. The normalized spacial score (nSPS) is 13.7. The molecule has 0 saturated carbocycles. The molecule has 1 unspecified atom stereocenters. The monoisotopic (exact) mass is 701 g/mol. The van der Waals surface area contributed by atoms with Crippen LogP contribution in [-0.2, 0) is 32.7 Å². The topological polar surface area (TPSA) is 134 Å². The number of allylic oxidation sites excluding steroid dienone is 4. The second-order valence-electron chi connectivity index (χ2n) is 12.8. The van der Waals surface area contributed by atoms with Crippen LogP contribution < -0.4 is 5.73 Å². The van der Waals surface area contributed by atoms with E-state index in [1.54, 1.807) is 0 Å². The van der Waals surface area contributed by atoms with Gasteiger partial charge < -0.3 is 20.1 Å². The van der Waals surface area contributed by atoms with Crippen LogP contribution in [0.1, 0.15) is 174 Å². The highest BCUT2D eigenvalue weighted by Gasteiger charge is 2.25. The summed E-state index contributed by atoms with van der Waals surface area (Å²) in [6.45, 7) is 3.67. The maximum absolute atomic E-state index is 12.5. The van der Waals surface area contributed by atoms with Gasteiger partial charge in [-0.25, -0.2) is 4.57 Å². The Bertz CT molecular complexity index is 851. The van der Waals surface area contributed by atoms with Crippen LogP contribution in [0.15, 0.2) is 24.3 Å². The molecular formula is C38H72NO8P. The molecule has 0 spiro atoms. The van der Waals surface area contributed by atoms with Crippen LogP contribution in [0.4, 0.5) is 0 Å². The number of unbranched alkanes of at least 4 members (excludes halogenated alkanes) is 19. The predicted molar refractivity (Wildman–Crippen MR) is 197 cm³/mol. The van der Waals surface area contributed by atoms with Gasteiger partial charge in [-0.1, -0.05) is 147 Å². The summed E-state index contributed by atoms with van der Waals surface area (Å²) in [6.07, 6.45) is 34.9. The van der Waals surface area contributed by atoms with E-state index in [9.17, 15) is 19.0 Å². The fourth-order valence-electron chi connectivity index (χ4n) is 5.18. The Kier molecular flexibility index (Phi) is 34.2. The molecule has 0 aromatic carbocycles. The molecule has 0 fully saturated rings. The van der Waals surface area contributed by atoms with E-state index in [4.69, 9.17) is 24.3 Å². The van der Waals surface area contributed by atoms with Gasteiger partial charge in [0.05, 0.1) is 13.2 Å². The third kappa shape index (κ3) is 34.4. The van der Waals surface area contributed by atoms with Gasteiger partial charge >= 0.3 is 19.8 Å². The van der Waals surface area contributed by atoms with Crippen LogP contribution in [0, 0.1) is 0 Å². The highest BCUT2D eigenvalue weighted by Crippen LogP contribution is 2.43. The standard InChI is InChI=1S/C38H72NO8P/c1-3-5-7-9-11-13-15-17-19-21-23-25-27-29-31-38(41)47-36(35-46-48(42,43)45-33-32-39)34-44-37(40)30-28-26-24-22-20-18-16-14-12-10-8-6-4-2/h9,11,15,17,36H,3-8,10,12-14,16,18-35,39H2,1-2H3,(H,42,43)/b11-9+,17-15+/t36-/m1/s1. The van der Waals surface area contributed by atoms with E-state index in [0.717, 1.165) is 64.2 Å². The molecule has 0 aliphatic carbocycles. The maximum atomic E-state index is 12.5. The maximum Gasteiger partial charge on any atom is 0.472 e. The number of phosphoric acid groups is 1. The second-order valence-corrected chi connectivity index (χ2v) is 14.3. The number of esters is 2. The third-order valence-corrected chi connectivity index (χ3v) is 9.07. The lowest BCUT2D eigenvalue weighted by Crippen LogP contribution is -2.29. The number of carbonyl (C=O) groups excluding carboxylic acids is 2. The van der Waals surface area contributed by atoms with Crippen LogP contribution >= 0.6 is 7.82 Å².